The van der Waals surface area contributed by atoms with E-state index in [-0.39, 0.29) is 11.5 Å². The third-order valence-corrected chi connectivity index (χ3v) is 2.62. The van der Waals surface area contributed by atoms with Gasteiger partial charge in [-0.25, -0.2) is 8.42 Å². The van der Waals surface area contributed by atoms with Gasteiger partial charge < -0.3 is 10.1 Å². The van der Waals surface area contributed by atoms with Crippen molar-refractivity contribution in [3.8, 4) is 6.07 Å². The summed E-state index contributed by atoms with van der Waals surface area (Å²) in [4.78, 5) is 13.3. The Hall–Kier alpha value is -1.95. The summed E-state index contributed by atoms with van der Waals surface area (Å²) in [5, 5.41) is 19.2. The molecule has 1 rings (SSSR count). The van der Waals surface area contributed by atoms with Crippen molar-refractivity contribution in [2.24, 2.45) is 7.05 Å². The molecule has 1 aromatic rings. The van der Waals surface area contributed by atoms with Gasteiger partial charge in [-0.05, 0) is 9.91 Å². The van der Waals surface area contributed by atoms with E-state index in [0.717, 1.165) is 10.8 Å². The van der Waals surface area contributed by atoms with Crippen LogP contribution in [0.25, 0.3) is 0 Å². The van der Waals surface area contributed by atoms with Gasteiger partial charge in [0.15, 0.2) is 9.84 Å². The van der Waals surface area contributed by atoms with Crippen molar-refractivity contribution in [1.29, 1.82) is 5.26 Å². The Morgan fingerprint density at radius 1 is 1.62 bits per heavy atom. The van der Waals surface area contributed by atoms with Gasteiger partial charge in [0.2, 0.25) is 11.5 Å². The van der Waals surface area contributed by atoms with Crippen LogP contribution in [0.3, 0.4) is 0 Å². The van der Waals surface area contributed by atoms with Gasteiger partial charge in [0.1, 0.15) is 11.8 Å². The van der Waals surface area contributed by atoms with Crippen molar-refractivity contribution >= 4 is 15.7 Å². The molecule has 0 fully saturated rings. The Kier molecular flexibility index (Phi) is 2.95. The van der Waals surface area contributed by atoms with Crippen LogP contribution in [0.1, 0.15) is 11.5 Å². The van der Waals surface area contributed by atoms with Crippen LogP contribution in [0.5, 0.6) is 0 Å². The number of hydrogen-bond donors (Lipinski definition) is 0. The van der Waals surface area contributed by atoms with E-state index in [9.17, 15) is 18.5 Å². The summed E-state index contributed by atoms with van der Waals surface area (Å²) >= 11 is 0. The van der Waals surface area contributed by atoms with E-state index in [2.05, 4.69) is 4.98 Å². The molecule has 0 amide bonds. The molecule has 0 bridgehead atoms. The summed E-state index contributed by atoms with van der Waals surface area (Å²) in [5.74, 6) is -1.08. The molecule has 16 heavy (non-hydrogen) atoms. The highest BCUT2D eigenvalue weighted by Crippen LogP contribution is 2.18. The minimum absolute atomic E-state index is 0.0225. The second kappa shape index (κ2) is 3.90. The highest BCUT2D eigenvalue weighted by atomic mass is 32.2. The average Bonchev–Trinajstić information content (AvgIpc) is 2.41. The van der Waals surface area contributed by atoms with Crippen molar-refractivity contribution in [2.75, 3.05) is 6.26 Å². The first-order chi connectivity index (χ1) is 7.26. The third kappa shape index (κ3) is 2.34. The number of hydrogen-bond acceptors (Lipinski definition) is 6. The molecule has 0 N–H and O–H groups in total. The van der Waals surface area contributed by atoms with Crippen molar-refractivity contribution in [2.45, 2.75) is 5.75 Å². The first-order valence-electron chi connectivity index (χ1n) is 4.04. The standard InChI is InChI=1S/C7H8N4O4S/c1-10-5(3-8)7(11(12)13)9-6(10)4-16(2,14)15/h4H2,1-2H3. The quantitative estimate of drug-likeness (QED) is 0.534. The van der Waals surface area contributed by atoms with Crippen LogP contribution >= 0.6 is 0 Å². The molecule has 0 saturated heterocycles. The molecule has 0 saturated carbocycles. The van der Waals surface area contributed by atoms with Gasteiger partial charge in [-0.15, -0.1) is 0 Å². The average molecular weight is 244 g/mol. The van der Waals surface area contributed by atoms with E-state index in [1.165, 1.54) is 7.05 Å². The van der Waals surface area contributed by atoms with E-state index >= 15 is 0 Å². The van der Waals surface area contributed by atoms with Crippen molar-refractivity contribution in [3.63, 3.8) is 0 Å². The molecule has 1 heterocycles. The molecule has 0 aliphatic carbocycles. The maximum absolute atomic E-state index is 11.0. The summed E-state index contributed by atoms with van der Waals surface area (Å²) < 4.78 is 23.2. The molecule has 8 nitrogen and oxygen atoms in total. The van der Waals surface area contributed by atoms with E-state index in [1.54, 1.807) is 6.07 Å². The second-order valence-corrected chi connectivity index (χ2v) is 5.34. The first kappa shape index (κ1) is 12.1. The highest BCUT2D eigenvalue weighted by molar-refractivity contribution is 7.89. The van der Waals surface area contributed by atoms with Gasteiger partial charge in [0.25, 0.3) is 0 Å². The largest absolute Gasteiger partial charge is 0.400 e. The summed E-state index contributed by atoms with van der Waals surface area (Å²) in [6, 6.07) is 1.62. The van der Waals surface area contributed by atoms with Crippen molar-refractivity contribution in [1.82, 2.24) is 9.55 Å². The zero-order valence-electron chi connectivity index (χ0n) is 8.54. The topological polar surface area (TPSA) is 119 Å². The Morgan fingerprint density at radius 3 is 2.50 bits per heavy atom. The third-order valence-electron chi connectivity index (χ3n) is 1.84. The zero-order chi connectivity index (χ0) is 12.5. The molecular weight excluding hydrogens is 236 g/mol. The molecular formula is C7H8N4O4S. The van der Waals surface area contributed by atoms with Gasteiger partial charge in [-0.2, -0.15) is 5.26 Å². The minimum atomic E-state index is -3.35. The number of aromatic nitrogens is 2. The van der Waals surface area contributed by atoms with Gasteiger partial charge in [-0.1, -0.05) is 0 Å². The number of imidazole rings is 1. The normalized spacial score (nSPS) is 11.1. The predicted octanol–water partition coefficient (Wildman–Crippen LogP) is -0.255. The molecule has 86 valence electrons. The maximum atomic E-state index is 11.0. The molecule has 0 aliphatic rings. The van der Waals surface area contributed by atoms with Crippen LogP contribution in [0, 0.1) is 21.4 Å². The van der Waals surface area contributed by atoms with Crippen molar-refractivity contribution in [3.05, 3.63) is 21.6 Å². The fraction of sp³-hybridized carbons (Fsp3) is 0.429. The molecule has 0 aromatic carbocycles. The molecule has 1 aromatic heterocycles. The first-order valence-corrected chi connectivity index (χ1v) is 6.10. The second-order valence-electron chi connectivity index (χ2n) is 3.20. The zero-order valence-corrected chi connectivity index (χ0v) is 9.35. The number of nitriles is 1. The van der Waals surface area contributed by atoms with Gasteiger partial charge in [-0.3, -0.25) is 4.57 Å². The number of rotatable bonds is 3. The molecule has 0 atom stereocenters. The van der Waals surface area contributed by atoms with Gasteiger partial charge >= 0.3 is 5.82 Å². The Bertz CT molecular complexity index is 580. The minimum Gasteiger partial charge on any atom is -0.358 e. The van der Waals surface area contributed by atoms with Crippen LogP contribution in [-0.2, 0) is 22.6 Å². The molecule has 0 unspecified atom stereocenters. The molecule has 0 spiro atoms. The van der Waals surface area contributed by atoms with Crippen LogP contribution < -0.4 is 0 Å². The Balaban J connectivity index is 3.35. The summed E-state index contributed by atoms with van der Waals surface area (Å²) in [6.45, 7) is 0. The highest BCUT2D eigenvalue weighted by Gasteiger charge is 2.27. The van der Waals surface area contributed by atoms with E-state index in [0.29, 0.717) is 0 Å². The Labute approximate surface area is 91.2 Å². The number of nitro groups is 1. The van der Waals surface area contributed by atoms with E-state index in [1.807, 2.05) is 0 Å². The van der Waals surface area contributed by atoms with Crippen LogP contribution in [0.15, 0.2) is 0 Å². The summed E-state index contributed by atoms with van der Waals surface area (Å²) in [5.41, 5.74) is -0.261. The number of nitrogens with zero attached hydrogens (tertiary/aromatic N) is 4. The van der Waals surface area contributed by atoms with E-state index < -0.39 is 26.3 Å². The lowest BCUT2D eigenvalue weighted by molar-refractivity contribution is -0.389. The molecule has 9 heteroatoms. The van der Waals surface area contributed by atoms with Crippen molar-refractivity contribution < 1.29 is 13.3 Å². The van der Waals surface area contributed by atoms with Gasteiger partial charge in [0.05, 0.1) is 0 Å². The molecule has 0 radical (unpaired) electrons. The van der Waals surface area contributed by atoms with Gasteiger partial charge in [0, 0.05) is 13.3 Å². The van der Waals surface area contributed by atoms with Crippen LogP contribution in [0.2, 0.25) is 0 Å². The lowest BCUT2D eigenvalue weighted by Gasteiger charge is -1.95. The fourth-order valence-electron chi connectivity index (χ4n) is 1.15. The lowest BCUT2D eigenvalue weighted by Crippen LogP contribution is -2.07. The SMILES string of the molecule is Cn1c(CS(C)(=O)=O)nc([N+](=O)[O-])c1C#N. The molecule has 0 aliphatic heterocycles. The monoisotopic (exact) mass is 244 g/mol. The summed E-state index contributed by atoms with van der Waals surface area (Å²) in [6.07, 6.45) is 0.986. The van der Waals surface area contributed by atoms with Crippen LogP contribution in [0.4, 0.5) is 5.82 Å². The fourth-order valence-corrected chi connectivity index (χ4v) is 1.87. The number of sulfone groups is 1. The maximum Gasteiger partial charge on any atom is 0.400 e. The predicted molar refractivity (Wildman–Crippen MR) is 53.1 cm³/mol. The van der Waals surface area contributed by atoms with Crippen LogP contribution in [-0.4, -0.2) is 29.1 Å². The summed E-state index contributed by atoms with van der Waals surface area (Å²) in [7, 11) is -1.99. The lowest BCUT2D eigenvalue weighted by atomic mass is 10.5. The smallest absolute Gasteiger partial charge is 0.358 e. The van der Waals surface area contributed by atoms with E-state index in [4.69, 9.17) is 5.26 Å². The Morgan fingerprint density at radius 2 is 2.19 bits per heavy atom.